The fourth-order valence-corrected chi connectivity index (χ4v) is 2.97. The standard InChI is InChI=1S/C21H30N4O2/c1-18(2)25(17-19-7-4-3-5-8-19)21(26)20(15-22)16-23-9-6-10-24-11-13-27-14-12-24/h3-5,7-8,16,18,23H,6,9-14,17H2,1-2H3/b20-16-. The van der Waals surface area contributed by atoms with Crippen LogP contribution in [-0.4, -0.2) is 61.1 Å². The van der Waals surface area contributed by atoms with Crippen molar-refractivity contribution in [2.75, 3.05) is 39.4 Å². The lowest BCUT2D eigenvalue weighted by Gasteiger charge is -2.27. The van der Waals surface area contributed by atoms with Crippen molar-refractivity contribution in [3.05, 3.63) is 47.7 Å². The molecule has 0 bridgehead atoms. The highest BCUT2D eigenvalue weighted by atomic mass is 16.5. The largest absolute Gasteiger partial charge is 0.390 e. The lowest BCUT2D eigenvalue weighted by Crippen LogP contribution is -2.38. The van der Waals surface area contributed by atoms with E-state index >= 15 is 0 Å². The topological polar surface area (TPSA) is 68.6 Å². The molecule has 146 valence electrons. The molecule has 6 heteroatoms. The maximum absolute atomic E-state index is 12.8. The van der Waals surface area contributed by atoms with E-state index < -0.39 is 0 Å². The predicted octanol–water partition coefficient (Wildman–Crippen LogP) is 2.14. The van der Waals surface area contributed by atoms with Gasteiger partial charge in [0.2, 0.25) is 0 Å². The summed E-state index contributed by atoms with van der Waals surface area (Å²) >= 11 is 0. The molecule has 0 aliphatic carbocycles. The lowest BCUT2D eigenvalue weighted by atomic mass is 10.1. The van der Waals surface area contributed by atoms with E-state index in [4.69, 9.17) is 4.74 Å². The Hall–Kier alpha value is -2.36. The SMILES string of the molecule is CC(C)N(Cc1ccccc1)C(=O)/C(C#N)=C\NCCCN1CCOCC1. The lowest BCUT2D eigenvalue weighted by molar-refractivity contribution is -0.129. The van der Waals surface area contributed by atoms with Crippen LogP contribution in [0.5, 0.6) is 0 Å². The van der Waals surface area contributed by atoms with Crippen LogP contribution >= 0.6 is 0 Å². The minimum Gasteiger partial charge on any atom is -0.390 e. The molecule has 1 aromatic rings. The van der Waals surface area contributed by atoms with Gasteiger partial charge in [-0.1, -0.05) is 30.3 Å². The summed E-state index contributed by atoms with van der Waals surface area (Å²) in [4.78, 5) is 16.9. The molecule has 0 unspecified atom stereocenters. The quantitative estimate of drug-likeness (QED) is 0.410. The number of nitrogens with zero attached hydrogens (tertiary/aromatic N) is 3. The molecule has 0 spiro atoms. The van der Waals surface area contributed by atoms with E-state index in [-0.39, 0.29) is 17.5 Å². The number of morpholine rings is 1. The molecule has 1 aliphatic rings. The van der Waals surface area contributed by atoms with Gasteiger partial charge in [-0.25, -0.2) is 0 Å². The van der Waals surface area contributed by atoms with Crippen molar-refractivity contribution in [1.82, 2.24) is 15.1 Å². The summed E-state index contributed by atoms with van der Waals surface area (Å²) in [5, 5.41) is 12.6. The van der Waals surface area contributed by atoms with Gasteiger partial charge in [0.1, 0.15) is 11.6 Å². The monoisotopic (exact) mass is 370 g/mol. The smallest absolute Gasteiger partial charge is 0.266 e. The number of nitrogens with one attached hydrogen (secondary N) is 1. The third-order valence-electron chi connectivity index (χ3n) is 4.58. The maximum atomic E-state index is 12.8. The Bertz CT molecular complexity index is 646. The van der Waals surface area contributed by atoms with Crippen LogP contribution in [0.2, 0.25) is 0 Å². The Morgan fingerprint density at radius 3 is 2.67 bits per heavy atom. The molecule has 27 heavy (non-hydrogen) atoms. The third-order valence-corrected chi connectivity index (χ3v) is 4.58. The number of hydrogen-bond acceptors (Lipinski definition) is 5. The summed E-state index contributed by atoms with van der Waals surface area (Å²) in [5.74, 6) is -0.239. The summed E-state index contributed by atoms with van der Waals surface area (Å²) in [6.07, 6.45) is 2.52. The minimum atomic E-state index is -0.239. The molecule has 6 nitrogen and oxygen atoms in total. The van der Waals surface area contributed by atoms with Crippen LogP contribution in [0.25, 0.3) is 0 Å². The van der Waals surface area contributed by atoms with Gasteiger partial charge < -0.3 is 15.0 Å². The summed E-state index contributed by atoms with van der Waals surface area (Å²) in [7, 11) is 0. The van der Waals surface area contributed by atoms with Gasteiger partial charge in [0.25, 0.3) is 5.91 Å². The number of amides is 1. The van der Waals surface area contributed by atoms with Crippen LogP contribution < -0.4 is 5.32 Å². The first kappa shape index (κ1) is 20.9. The van der Waals surface area contributed by atoms with Gasteiger partial charge in [0.05, 0.1) is 13.2 Å². The van der Waals surface area contributed by atoms with Crippen LogP contribution in [-0.2, 0) is 16.1 Å². The number of rotatable bonds is 9. The zero-order valence-corrected chi connectivity index (χ0v) is 16.4. The van der Waals surface area contributed by atoms with Crippen molar-refractivity contribution in [1.29, 1.82) is 5.26 Å². The second kappa shape index (κ2) is 11.4. The van der Waals surface area contributed by atoms with E-state index in [2.05, 4.69) is 10.2 Å². The van der Waals surface area contributed by atoms with Crippen molar-refractivity contribution in [2.45, 2.75) is 32.9 Å². The molecule has 0 aromatic heterocycles. The Balaban J connectivity index is 1.85. The molecule has 1 aromatic carbocycles. The van der Waals surface area contributed by atoms with Gasteiger partial charge in [-0.2, -0.15) is 5.26 Å². The third kappa shape index (κ3) is 7.05. The van der Waals surface area contributed by atoms with Gasteiger partial charge in [0, 0.05) is 38.4 Å². The zero-order chi connectivity index (χ0) is 19.5. The minimum absolute atomic E-state index is 0.00998. The van der Waals surface area contributed by atoms with Crippen LogP contribution in [0.3, 0.4) is 0 Å². The highest BCUT2D eigenvalue weighted by molar-refractivity contribution is 5.97. The summed E-state index contributed by atoms with van der Waals surface area (Å²) in [6, 6.07) is 11.9. The first-order valence-corrected chi connectivity index (χ1v) is 9.60. The number of carbonyl (C=O) groups excluding carboxylic acids is 1. The summed E-state index contributed by atoms with van der Waals surface area (Å²) < 4.78 is 5.34. The Labute approximate surface area is 162 Å². The zero-order valence-electron chi connectivity index (χ0n) is 16.4. The first-order valence-electron chi connectivity index (χ1n) is 9.60. The molecule has 0 radical (unpaired) electrons. The van der Waals surface area contributed by atoms with Gasteiger partial charge in [-0.05, 0) is 32.4 Å². The highest BCUT2D eigenvalue weighted by Gasteiger charge is 2.21. The number of nitriles is 1. The normalized spacial score (nSPS) is 15.4. The average molecular weight is 370 g/mol. The molecular weight excluding hydrogens is 340 g/mol. The van der Waals surface area contributed by atoms with E-state index in [1.807, 2.05) is 50.2 Å². The van der Waals surface area contributed by atoms with Crippen LogP contribution in [0, 0.1) is 11.3 Å². The van der Waals surface area contributed by atoms with Gasteiger partial charge >= 0.3 is 0 Å². The summed E-state index contributed by atoms with van der Waals surface area (Å²) in [5.41, 5.74) is 1.20. The van der Waals surface area contributed by atoms with E-state index in [1.54, 1.807) is 11.1 Å². The molecular formula is C21H30N4O2. The average Bonchev–Trinajstić information content (AvgIpc) is 2.70. The number of benzene rings is 1. The van der Waals surface area contributed by atoms with Crippen molar-refractivity contribution in [3.63, 3.8) is 0 Å². The van der Waals surface area contributed by atoms with Crippen LogP contribution in [0.4, 0.5) is 0 Å². The number of hydrogen-bond donors (Lipinski definition) is 1. The van der Waals surface area contributed by atoms with Gasteiger partial charge in [-0.3, -0.25) is 9.69 Å². The molecule has 1 aliphatic heterocycles. The van der Waals surface area contributed by atoms with Crippen LogP contribution in [0.15, 0.2) is 42.1 Å². The van der Waals surface area contributed by atoms with E-state index in [9.17, 15) is 10.1 Å². The van der Waals surface area contributed by atoms with E-state index in [0.29, 0.717) is 6.54 Å². The molecule has 1 heterocycles. The second-order valence-corrected chi connectivity index (χ2v) is 6.94. The molecule has 0 saturated carbocycles. The Morgan fingerprint density at radius 2 is 2.04 bits per heavy atom. The summed E-state index contributed by atoms with van der Waals surface area (Å²) in [6.45, 7) is 9.69. The maximum Gasteiger partial charge on any atom is 0.266 e. The molecule has 0 atom stereocenters. The molecule has 2 rings (SSSR count). The highest BCUT2D eigenvalue weighted by Crippen LogP contribution is 2.12. The Morgan fingerprint density at radius 1 is 1.33 bits per heavy atom. The van der Waals surface area contributed by atoms with Crippen molar-refractivity contribution in [2.24, 2.45) is 0 Å². The molecule has 1 fully saturated rings. The van der Waals surface area contributed by atoms with Gasteiger partial charge in [-0.15, -0.1) is 0 Å². The van der Waals surface area contributed by atoms with Crippen molar-refractivity contribution >= 4 is 5.91 Å². The van der Waals surface area contributed by atoms with Crippen molar-refractivity contribution in [3.8, 4) is 6.07 Å². The predicted molar refractivity (Wildman–Crippen MR) is 106 cm³/mol. The molecule has 1 N–H and O–H groups in total. The molecule has 1 saturated heterocycles. The van der Waals surface area contributed by atoms with Gasteiger partial charge in [0.15, 0.2) is 0 Å². The Kier molecular flexibility index (Phi) is 8.82. The van der Waals surface area contributed by atoms with E-state index in [1.165, 1.54) is 0 Å². The number of ether oxygens (including phenoxy) is 1. The fraction of sp³-hybridized carbons (Fsp3) is 0.524. The van der Waals surface area contributed by atoms with Crippen molar-refractivity contribution < 1.29 is 9.53 Å². The first-order chi connectivity index (χ1) is 13.1. The second-order valence-electron chi connectivity index (χ2n) is 6.94. The van der Waals surface area contributed by atoms with Crippen LogP contribution in [0.1, 0.15) is 25.8 Å². The fourth-order valence-electron chi connectivity index (χ4n) is 2.97. The number of carbonyl (C=O) groups is 1. The van der Waals surface area contributed by atoms with E-state index in [0.717, 1.165) is 51.4 Å². The molecule has 1 amide bonds.